The molecule has 1 aromatic heterocycles. The molecule has 1 aromatic carbocycles. The number of aromatic nitrogens is 1. The van der Waals surface area contributed by atoms with Gasteiger partial charge in [0.1, 0.15) is 0 Å². The minimum Gasteiger partial charge on any atom is -0.322 e. The summed E-state index contributed by atoms with van der Waals surface area (Å²) in [6, 6.07) is 9.74. The van der Waals surface area contributed by atoms with Crippen molar-refractivity contribution >= 4 is 0 Å². The molecule has 1 unspecified atom stereocenters. The van der Waals surface area contributed by atoms with Crippen LogP contribution in [0.25, 0.3) is 0 Å². The van der Waals surface area contributed by atoms with Crippen molar-refractivity contribution in [3.05, 3.63) is 69.1 Å². The van der Waals surface area contributed by atoms with Gasteiger partial charge in [-0.3, -0.25) is 4.79 Å². The van der Waals surface area contributed by atoms with Gasteiger partial charge in [0.15, 0.2) is 0 Å². The molecule has 1 atom stereocenters. The van der Waals surface area contributed by atoms with Crippen molar-refractivity contribution in [2.45, 2.75) is 33.4 Å². The van der Waals surface area contributed by atoms with E-state index >= 15 is 0 Å². The molecule has 2 rings (SSSR count). The lowest BCUT2D eigenvalue weighted by molar-refractivity contribution is 0.559. The molecule has 1 heterocycles. The smallest absolute Gasteiger partial charge is 0.253 e. The fourth-order valence-corrected chi connectivity index (χ4v) is 2.11. The molecular formula is C16H20N2O. The Labute approximate surface area is 113 Å². The highest BCUT2D eigenvalue weighted by Gasteiger charge is 2.09. The molecule has 0 saturated heterocycles. The van der Waals surface area contributed by atoms with Crippen LogP contribution in [0.15, 0.2) is 41.3 Å². The zero-order chi connectivity index (χ0) is 14.0. The van der Waals surface area contributed by atoms with Crippen LogP contribution in [0.2, 0.25) is 0 Å². The fraction of sp³-hybridized carbons (Fsp3) is 0.312. The van der Waals surface area contributed by atoms with Crippen LogP contribution < -0.4 is 11.3 Å². The van der Waals surface area contributed by atoms with E-state index in [1.54, 1.807) is 10.8 Å². The normalized spacial score (nSPS) is 12.4. The van der Waals surface area contributed by atoms with E-state index in [1.165, 1.54) is 11.1 Å². The van der Waals surface area contributed by atoms with Gasteiger partial charge in [0.2, 0.25) is 0 Å². The van der Waals surface area contributed by atoms with E-state index in [9.17, 15) is 4.79 Å². The minimum atomic E-state index is -0.168. The Kier molecular flexibility index (Phi) is 3.86. The third-order valence-electron chi connectivity index (χ3n) is 3.56. The molecular weight excluding hydrogens is 236 g/mol. The van der Waals surface area contributed by atoms with E-state index < -0.39 is 0 Å². The van der Waals surface area contributed by atoms with Gasteiger partial charge in [0.05, 0.1) is 0 Å². The van der Waals surface area contributed by atoms with E-state index in [1.807, 2.05) is 25.1 Å². The van der Waals surface area contributed by atoms with Crippen LogP contribution in [0.5, 0.6) is 0 Å². The Morgan fingerprint density at radius 2 is 1.84 bits per heavy atom. The Hall–Kier alpha value is -1.87. The first-order valence-electron chi connectivity index (χ1n) is 6.48. The maximum atomic E-state index is 12.0. The van der Waals surface area contributed by atoms with Crippen molar-refractivity contribution in [3.8, 4) is 0 Å². The number of pyridine rings is 1. The topological polar surface area (TPSA) is 48.0 Å². The first-order chi connectivity index (χ1) is 8.99. The lowest BCUT2D eigenvalue weighted by Crippen LogP contribution is -2.27. The summed E-state index contributed by atoms with van der Waals surface area (Å²) in [7, 11) is 0. The summed E-state index contributed by atoms with van der Waals surface area (Å²) in [5.74, 6) is 0. The molecule has 0 spiro atoms. The van der Waals surface area contributed by atoms with Gasteiger partial charge in [-0.05, 0) is 43.5 Å². The number of hydrogen-bond acceptors (Lipinski definition) is 2. The highest BCUT2D eigenvalue weighted by Crippen LogP contribution is 2.16. The van der Waals surface area contributed by atoms with Gasteiger partial charge in [-0.15, -0.1) is 0 Å². The number of nitrogens with two attached hydrogens (primary N) is 1. The molecule has 0 amide bonds. The van der Waals surface area contributed by atoms with Crippen molar-refractivity contribution in [1.29, 1.82) is 0 Å². The number of rotatable bonds is 3. The van der Waals surface area contributed by atoms with Crippen molar-refractivity contribution in [1.82, 2.24) is 4.57 Å². The summed E-state index contributed by atoms with van der Waals surface area (Å²) in [5, 5.41) is 0. The summed E-state index contributed by atoms with van der Waals surface area (Å²) in [5.41, 5.74) is 10.5. The van der Waals surface area contributed by atoms with Crippen LogP contribution in [-0.4, -0.2) is 4.57 Å². The molecule has 3 heteroatoms. The maximum absolute atomic E-state index is 12.0. The minimum absolute atomic E-state index is 0.0294. The molecule has 2 aromatic rings. The highest BCUT2D eigenvalue weighted by molar-refractivity contribution is 5.31. The Morgan fingerprint density at radius 1 is 1.11 bits per heavy atom. The van der Waals surface area contributed by atoms with Crippen molar-refractivity contribution < 1.29 is 0 Å². The molecule has 3 nitrogen and oxygen atoms in total. The summed E-state index contributed by atoms with van der Waals surface area (Å²) >= 11 is 0. The van der Waals surface area contributed by atoms with Crippen molar-refractivity contribution in [3.63, 3.8) is 0 Å². The van der Waals surface area contributed by atoms with Crippen LogP contribution in [0.1, 0.15) is 28.3 Å². The third-order valence-corrected chi connectivity index (χ3v) is 3.56. The number of aryl methyl sites for hydroxylation is 3. The van der Waals surface area contributed by atoms with Gasteiger partial charge >= 0.3 is 0 Å². The number of nitrogens with zero attached hydrogens (tertiary/aromatic N) is 1. The SMILES string of the molecule is Cc1ccc(C(N)Cn2cccc(C)c2=O)cc1C. The second kappa shape index (κ2) is 5.41. The Morgan fingerprint density at radius 3 is 2.53 bits per heavy atom. The van der Waals surface area contributed by atoms with E-state index in [0.29, 0.717) is 6.54 Å². The molecule has 19 heavy (non-hydrogen) atoms. The zero-order valence-corrected chi connectivity index (χ0v) is 11.7. The second-order valence-electron chi connectivity index (χ2n) is 5.10. The predicted octanol–water partition coefficient (Wildman–Crippen LogP) is 2.47. The predicted molar refractivity (Wildman–Crippen MR) is 78.3 cm³/mol. The molecule has 0 aliphatic carbocycles. The van der Waals surface area contributed by atoms with Crippen LogP contribution >= 0.6 is 0 Å². The van der Waals surface area contributed by atoms with Gasteiger partial charge in [-0.2, -0.15) is 0 Å². The zero-order valence-electron chi connectivity index (χ0n) is 11.7. The van der Waals surface area contributed by atoms with Gasteiger partial charge in [-0.1, -0.05) is 24.3 Å². The lowest BCUT2D eigenvalue weighted by Gasteiger charge is -2.15. The molecule has 0 saturated carbocycles. The molecule has 0 aliphatic rings. The quantitative estimate of drug-likeness (QED) is 0.917. The fourth-order valence-electron chi connectivity index (χ4n) is 2.11. The second-order valence-corrected chi connectivity index (χ2v) is 5.10. The van der Waals surface area contributed by atoms with E-state index in [0.717, 1.165) is 11.1 Å². The molecule has 0 bridgehead atoms. The van der Waals surface area contributed by atoms with E-state index in [2.05, 4.69) is 26.0 Å². The van der Waals surface area contributed by atoms with E-state index in [-0.39, 0.29) is 11.6 Å². The first-order valence-corrected chi connectivity index (χ1v) is 6.48. The van der Waals surface area contributed by atoms with Gasteiger partial charge < -0.3 is 10.3 Å². The summed E-state index contributed by atoms with van der Waals surface area (Å²) in [4.78, 5) is 12.0. The average molecular weight is 256 g/mol. The number of benzene rings is 1. The lowest BCUT2D eigenvalue weighted by atomic mass is 10.0. The monoisotopic (exact) mass is 256 g/mol. The summed E-state index contributed by atoms with van der Waals surface area (Å²) in [6.07, 6.45) is 1.79. The van der Waals surface area contributed by atoms with Crippen LogP contribution in [0.3, 0.4) is 0 Å². The van der Waals surface area contributed by atoms with Gasteiger partial charge in [-0.25, -0.2) is 0 Å². The standard InChI is InChI=1S/C16H20N2O/c1-11-6-7-14(9-13(11)3)15(17)10-18-8-4-5-12(2)16(18)19/h4-9,15H,10,17H2,1-3H3. The molecule has 0 radical (unpaired) electrons. The van der Waals surface area contributed by atoms with E-state index in [4.69, 9.17) is 5.73 Å². The largest absolute Gasteiger partial charge is 0.322 e. The van der Waals surface area contributed by atoms with Crippen molar-refractivity contribution in [2.75, 3.05) is 0 Å². The van der Waals surface area contributed by atoms with Crippen LogP contribution in [0.4, 0.5) is 0 Å². The summed E-state index contributed by atoms with van der Waals surface area (Å²) in [6.45, 7) is 6.48. The average Bonchev–Trinajstić information content (AvgIpc) is 2.38. The highest BCUT2D eigenvalue weighted by atomic mass is 16.1. The van der Waals surface area contributed by atoms with Gasteiger partial charge in [0, 0.05) is 24.3 Å². The van der Waals surface area contributed by atoms with Crippen molar-refractivity contribution in [2.24, 2.45) is 5.73 Å². The molecule has 0 fully saturated rings. The van der Waals surface area contributed by atoms with Gasteiger partial charge in [0.25, 0.3) is 5.56 Å². The third kappa shape index (κ3) is 2.93. The first kappa shape index (κ1) is 13.6. The molecule has 100 valence electrons. The Bertz CT molecular complexity index is 643. The van der Waals surface area contributed by atoms with Crippen LogP contribution in [-0.2, 0) is 6.54 Å². The number of hydrogen-bond donors (Lipinski definition) is 1. The maximum Gasteiger partial charge on any atom is 0.253 e. The molecule has 2 N–H and O–H groups in total. The Balaban J connectivity index is 2.25. The van der Waals surface area contributed by atoms with Crippen LogP contribution in [0, 0.1) is 20.8 Å². The molecule has 0 aliphatic heterocycles. The summed E-state index contributed by atoms with van der Waals surface area (Å²) < 4.78 is 1.68.